The Hall–Kier alpha value is -3.59. The molecule has 34 heavy (non-hydrogen) atoms. The average molecular weight is 478 g/mol. The van der Waals surface area contributed by atoms with Crippen molar-refractivity contribution in [1.82, 2.24) is 14.5 Å². The maximum atomic E-state index is 12.9. The summed E-state index contributed by atoms with van der Waals surface area (Å²) in [6.45, 7) is 1.91. The molecule has 0 amide bonds. The highest BCUT2D eigenvalue weighted by Crippen LogP contribution is 2.40. The number of nitrogens with zero attached hydrogens (tertiary/aromatic N) is 3. The van der Waals surface area contributed by atoms with E-state index in [1.807, 2.05) is 19.1 Å². The van der Waals surface area contributed by atoms with E-state index in [0.29, 0.717) is 23.3 Å². The van der Waals surface area contributed by atoms with Crippen LogP contribution in [0.2, 0.25) is 0 Å². The van der Waals surface area contributed by atoms with Crippen molar-refractivity contribution in [1.29, 1.82) is 0 Å². The second-order valence-electron chi connectivity index (χ2n) is 8.68. The highest BCUT2D eigenvalue weighted by Gasteiger charge is 2.24. The van der Waals surface area contributed by atoms with Gasteiger partial charge >= 0.3 is 0 Å². The summed E-state index contributed by atoms with van der Waals surface area (Å²) < 4.78 is 36.2. The zero-order chi connectivity index (χ0) is 23.9. The minimum atomic E-state index is -3.76. The minimum Gasteiger partial charge on any atom is -0.495 e. The number of aromatic nitrogens is 3. The molecule has 8 nitrogen and oxygen atoms in total. The van der Waals surface area contributed by atoms with Crippen molar-refractivity contribution in [3.05, 3.63) is 60.6 Å². The number of methoxy groups -OCH3 is 1. The molecule has 1 fully saturated rings. The number of benzene rings is 2. The molecule has 2 heterocycles. The summed E-state index contributed by atoms with van der Waals surface area (Å²) in [5, 5.41) is 0.796. The van der Waals surface area contributed by atoms with Crippen LogP contribution >= 0.6 is 0 Å². The maximum absolute atomic E-state index is 12.9. The molecule has 0 spiro atoms. The first-order valence-electron chi connectivity index (χ1n) is 11.3. The van der Waals surface area contributed by atoms with E-state index in [-0.39, 0.29) is 4.90 Å². The highest BCUT2D eigenvalue weighted by molar-refractivity contribution is 7.92. The monoisotopic (exact) mass is 477 g/mol. The van der Waals surface area contributed by atoms with Gasteiger partial charge in [-0.3, -0.25) is 4.72 Å². The summed E-state index contributed by atoms with van der Waals surface area (Å²) in [6.07, 6.45) is 8.19. The van der Waals surface area contributed by atoms with Gasteiger partial charge in [-0.25, -0.2) is 18.4 Å². The standard InChI is InChI=1S/C25H27N5O3S/c1-16-7-10-19(11-8-16)34(31,32)29-21-12-9-17(13-22(21)33-2)20-14-30(18-5-3-4-6-18)25-23(20)24(26)27-15-28-25/h7-15,18,29H,3-6H2,1-2H3,(H2,26,27,28). The fourth-order valence-corrected chi connectivity index (χ4v) is 5.72. The Balaban J connectivity index is 1.56. The molecule has 1 aliphatic rings. The van der Waals surface area contributed by atoms with Crippen molar-refractivity contribution >= 4 is 32.6 Å². The lowest BCUT2D eigenvalue weighted by atomic mass is 10.1. The van der Waals surface area contributed by atoms with Gasteiger partial charge in [0, 0.05) is 17.8 Å². The van der Waals surface area contributed by atoms with Crippen LogP contribution in [0.5, 0.6) is 5.75 Å². The Bertz CT molecular complexity index is 1460. The lowest BCUT2D eigenvalue weighted by molar-refractivity contribution is 0.417. The van der Waals surface area contributed by atoms with Crippen LogP contribution in [0, 0.1) is 6.92 Å². The molecule has 1 aliphatic carbocycles. The SMILES string of the molecule is COc1cc(-c2cn(C3CCCC3)c3ncnc(N)c23)ccc1NS(=O)(=O)c1ccc(C)cc1. The molecule has 1 saturated carbocycles. The zero-order valence-corrected chi connectivity index (χ0v) is 20.0. The molecule has 2 aromatic carbocycles. The lowest BCUT2D eigenvalue weighted by Crippen LogP contribution is -2.13. The van der Waals surface area contributed by atoms with Gasteiger partial charge in [0.25, 0.3) is 10.0 Å². The third kappa shape index (κ3) is 3.96. The molecule has 4 aromatic rings. The van der Waals surface area contributed by atoms with E-state index in [1.54, 1.807) is 30.3 Å². The molecule has 0 saturated heterocycles. The molecular formula is C25H27N5O3S. The van der Waals surface area contributed by atoms with Crippen LogP contribution in [0.3, 0.4) is 0 Å². The van der Waals surface area contributed by atoms with E-state index < -0.39 is 10.0 Å². The fourth-order valence-electron chi connectivity index (χ4n) is 4.65. The summed E-state index contributed by atoms with van der Waals surface area (Å²) in [4.78, 5) is 8.93. The van der Waals surface area contributed by atoms with E-state index in [4.69, 9.17) is 10.5 Å². The first kappa shape index (κ1) is 22.2. The summed E-state index contributed by atoms with van der Waals surface area (Å²) in [7, 11) is -2.25. The Kier molecular flexibility index (Phi) is 5.65. The zero-order valence-electron chi connectivity index (χ0n) is 19.2. The smallest absolute Gasteiger partial charge is 0.262 e. The van der Waals surface area contributed by atoms with Gasteiger partial charge in [-0.05, 0) is 49.6 Å². The second kappa shape index (κ2) is 8.64. The number of aryl methyl sites for hydroxylation is 1. The van der Waals surface area contributed by atoms with Crippen LogP contribution in [0.4, 0.5) is 11.5 Å². The Labute approximate surface area is 198 Å². The Morgan fingerprint density at radius 1 is 1.09 bits per heavy atom. The fraction of sp³-hybridized carbons (Fsp3) is 0.280. The second-order valence-corrected chi connectivity index (χ2v) is 10.4. The van der Waals surface area contributed by atoms with Gasteiger partial charge in [0.1, 0.15) is 23.5 Å². The number of nitrogen functional groups attached to an aromatic ring is 1. The van der Waals surface area contributed by atoms with Crippen molar-refractivity contribution in [2.75, 3.05) is 17.6 Å². The first-order chi connectivity index (χ1) is 16.4. The molecule has 0 atom stereocenters. The van der Waals surface area contributed by atoms with Gasteiger partial charge < -0.3 is 15.0 Å². The third-order valence-corrected chi connectivity index (χ3v) is 7.83. The van der Waals surface area contributed by atoms with Crippen molar-refractivity contribution in [2.45, 2.75) is 43.5 Å². The van der Waals surface area contributed by atoms with Gasteiger partial charge in [-0.1, -0.05) is 36.6 Å². The average Bonchev–Trinajstić information content (AvgIpc) is 3.48. The quantitative estimate of drug-likeness (QED) is 0.408. The number of anilines is 2. The van der Waals surface area contributed by atoms with Crippen molar-refractivity contribution in [3.8, 4) is 16.9 Å². The van der Waals surface area contributed by atoms with Crippen molar-refractivity contribution in [2.24, 2.45) is 0 Å². The summed E-state index contributed by atoms with van der Waals surface area (Å²) in [5.74, 6) is 0.824. The van der Waals surface area contributed by atoms with Crippen LogP contribution in [-0.2, 0) is 10.0 Å². The summed E-state index contributed by atoms with van der Waals surface area (Å²) >= 11 is 0. The van der Waals surface area contributed by atoms with E-state index >= 15 is 0 Å². The Morgan fingerprint density at radius 3 is 2.53 bits per heavy atom. The number of ether oxygens (including phenoxy) is 1. The number of nitrogens with one attached hydrogen (secondary N) is 1. The predicted molar refractivity (Wildman–Crippen MR) is 133 cm³/mol. The predicted octanol–water partition coefficient (Wildman–Crippen LogP) is 4.91. The van der Waals surface area contributed by atoms with E-state index in [0.717, 1.165) is 40.6 Å². The molecular weight excluding hydrogens is 450 g/mol. The van der Waals surface area contributed by atoms with Crippen LogP contribution in [-0.4, -0.2) is 30.1 Å². The van der Waals surface area contributed by atoms with Gasteiger partial charge in [-0.2, -0.15) is 0 Å². The highest BCUT2D eigenvalue weighted by atomic mass is 32.2. The molecule has 0 unspecified atom stereocenters. The van der Waals surface area contributed by atoms with Crippen LogP contribution in [0.25, 0.3) is 22.2 Å². The number of sulfonamides is 1. The third-order valence-electron chi connectivity index (χ3n) is 6.44. The van der Waals surface area contributed by atoms with E-state index in [1.165, 1.54) is 26.3 Å². The van der Waals surface area contributed by atoms with E-state index in [2.05, 4.69) is 25.5 Å². The van der Waals surface area contributed by atoms with Gasteiger partial charge in [0.05, 0.1) is 23.1 Å². The van der Waals surface area contributed by atoms with Crippen molar-refractivity contribution in [3.63, 3.8) is 0 Å². The largest absolute Gasteiger partial charge is 0.495 e. The molecule has 2 aromatic heterocycles. The maximum Gasteiger partial charge on any atom is 0.262 e. The minimum absolute atomic E-state index is 0.189. The van der Waals surface area contributed by atoms with Crippen molar-refractivity contribution < 1.29 is 13.2 Å². The molecule has 3 N–H and O–H groups in total. The molecule has 0 radical (unpaired) electrons. The molecule has 5 rings (SSSR count). The molecule has 176 valence electrons. The van der Waals surface area contributed by atoms with Crippen LogP contribution in [0.15, 0.2) is 59.9 Å². The number of fused-ring (bicyclic) bond motifs is 1. The number of hydrogen-bond acceptors (Lipinski definition) is 6. The number of nitrogens with two attached hydrogens (primary N) is 1. The molecule has 0 bridgehead atoms. The summed E-state index contributed by atoms with van der Waals surface area (Å²) in [6, 6.07) is 12.5. The van der Waals surface area contributed by atoms with Gasteiger partial charge in [0.15, 0.2) is 0 Å². The Morgan fingerprint density at radius 2 is 1.82 bits per heavy atom. The first-order valence-corrected chi connectivity index (χ1v) is 12.7. The molecule has 0 aliphatic heterocycles. The van der Waals surface area contributed by atoms with Gasteiger partial charge in [0.2, 0.25) is 0 Å². The lowest BCUT2D eigenvalue weighted by Gasteiger charge is -2.14. The number of rotatable bonds is 6. The summed E-state index contributed by atoms with van der Waals surface area (Å²) in [5.41, 5.74) is 10.2. The van der Waals surface area contributed by atoms with Crippen LogP contribution < -0.4 is 15.2 Å². The number of hydrogen-bond donors (Lipinski definition) is 2. The van der Waals surface area contributed by atoms with E-state index in [9.17, 15) is 8.42 Å². The van der Waals surface area contributed by atoms with Crippen LogP contribution in [0.1, 0.15) is 37.3 Å². The topological polar surface area (TPSA) is 112 Å². The molecule has 9 heteroatoms. The normalized spacial score (nSPS) is 14.5. The van der Waals surface area contributed by atoms with Gasteiger partial charge in [-0.15, -0.1) is 0 Å².